The number of benzene rings is 1. The molecule has 1 aliphatic heterocycles. The maximum atomic E-state index is 3.86. The molecule has 0 amide bonds. The Hall–Kier alpha value is -1.18. The molecule has 0 radical (unpaired) electrons. The van der Waals surface area contributed by atoms with Gasteiger partial charge in [-0.3, -0.25) is 0 Å². The molecule has 21 heavy (non-hydrogen) atoms. The normalized spacial score (nSPS) is 25.6. The highest BCUT2D eigenvalue weighted by Crippen LogP contribution is 2.38. The zero-order chi connectivity index (χ0) is 14.7. The fourth-order valence-corrected chi connectivity index (χ4v) is 4.05. The van der Waals surface area contributed by atoms with E-state index in [9.17, 15) is 0 Å². The zero-order valence-corrected chi connectivity index (χ0v) is 13.7. The molecule has 0 spiro atoms. The first-order chi connectivity index (χ1) is 10.1. The van der Waals surface area contributed by atoms with Gasteiger partial charge < -0.3 is 10.2 Å². The summed E-state index contributed by atoms with van der Waals surface area (Å²) in [5.41, 5.74) is 3.26. The summed E-state index contributed by atoms with van der Waals surface area (Å²) in [4.78, 5) is 2.57. The van der Waals surface area contributed by atoms with Crippen LogP contribution in [0.5, 0.6) is 0 Å². The van der Waals surface area contributed by atoms with Crippen LogP contribution in [0.15, 0.2) is 24.3 Å². The maximum absolute atomic E-state index is 3.86. The van der Waals surface area contributed by atoms with Gasteiger partial charge in [0.15, 0.2) is 0 Å². The Labute approximate surface area is 129 Å². The molecular weight excluding hydrogens is 256 g/mol. The Balaban J connectivity index is 1.73. The monoisotopic (exact) mass is 286 g/mol. The summed E-state index contributed by atoms with van der Waals surface area (Å²) < 4.78 is 0. The molecule has 1 atom stereocenters. The predicted octanol–water partition coefficient (Wildman–Crippen LogP) is 5.06. The second kappa shape index (κ2) is 6.29. The van der Waals surface area contributed by atoms with Gasteiger partial charge >= 0.3 is 0 Å². The number of para-hydroxylation sites is 2. The van der Waals surface area contributed by atoms with Crippen LogP contribution in [0.2, 0.25) is 0 Å². The molecule has 1 heterocycles. The van der Waals surface area contributed by atoms with Gasteiger partial charge in [0, 0.05) is 19.1 Å². The number of anilines is 2. The minimum Gasteiger partial charge on any atom is -0.381 e. The van der Waals surface area contributed by atoms with Crippen LogP contribution in [0.1, 0.15) is 58.8 Å². The van der Waals surface area contributed by atoms with E-state index in [0.29, 0.717) is 11.5 Å². The van der Waals surface area contributed by atoms with Crippen molar-refractivity contribution in [3.8, 4) is 0 Å². The van der Waals surface area contributed by atoms with Gasteiger partial charge in [-0.2, -0.15) is 0 Å². The van der Waals surface area contributed by atoms with Gasteiger partial charge in [-0.25, -0.2) is 0 Å². The maximum Gasteiger partial charge on any atom is 0.0602 e. The van der Waals surface area contributed by atoms with Crippen molar-refractivity contribution in [2.75, 3.05) is 23.3 Å². The summed E-state index contributed by atoms with van der Waals surface area (Å²) in [5, 5.41) is 3.86. The Kier molecular flexibility index (Phi) is 4.42. The molecule has 1 aliphatic carbocycles. The second-order valence-electron chi connectivity index (χ2n) is 7.67. The largest absolute Gasteiger partial charge is 0.381 e. The average molecular weight is 286 g/mol. The third kappa shape index (κ3) is 3.72. The van der Waals surface area contributed by atoms with Crippen molar-refractivity contribution in [1.29, 1.82) is 0 Å². The highest BCUT2D eigenvalue weighted by Gasteiger charge is 2.28. The van der Waals surface area contributed by atoms with E-state index >= 15 is 0 Å². The summed E-state index contributed by atoms with van der Waals surface area (Å²) in [5.74, 6) is 0. The van der Waals surface area contributed by atoms with E-state index in [2.05, 4.69) is 48.3 Å². The van der Waals surface area contributed by atoms with E-state index in [1.54, 1.807) is 0 Å². The number of nitrogens with one attached hydrogen (secondary N) is 1. The fourth-order valence-electron chi connectivity index (χ4n) is 4.05. The summed E-state index contributed by atoms with van der Waals surface area (Å²) >= 11 is 0. The molecule has 3 rings (SSSR count). The molecule has 1 N–H and O–H groups in total. The van der Waals surface area contributed by atoms with Gasteiger partial charge in [0.25, 0.3) is 0 Å². The molecule has 116 valence electrons. The van der Waals surface area contributed by atoms with Crippen LogP contribution >= 0.6 is 0 Å². The number of nitrogens with zero attached hydrogens (tertiary/aromatic N) is 1. The molecule has 0 bridgehead atoms. The summed E-state index contributed by atoms with van der Waals surface area (Å²) in [6.07, 6.45) is 9.41. The van der Waals surface area contributed by atoms with Gasteiger partial charge in [0.05, 0.1) is 11.4 Å². The minimum atomic E-state index is 0.496. The van der Waals surface area contributed by atoms with Crippen LogP contribution in [-0.2, 0) is 0 Å². The van der Waals surface area contributed by atoms with Gasteiger partial charge in [0.1, 0.15) is 0 Å². The Morgan fingerprint density at radius 1 is 1.05 bits per heavy atom. The van der Waals surface area contributed by atoms with Crippen molar-refractivity contribution < 1.29 is 0 Å². The summed E-state index contributed by atoms with van der Waals surface area (Å²) in [6, 6.07) is 9.55. The fraction of sp³-hybridized carbons (Fsp3) is 0.684. The molecule has 1 saturated carbocycles. The lowest BCUT2D eigenvalue weighted by molar-refractivity contribution is 0.229. The third-order valence-corrected chi connectivity index (χ3v) is 5.17. The molecular formula is C19H30N2. The molecule has 2 fully saturated rings. The molecule has 1 unspecified atom stereocenters. The predicted molar refractivity (Wildman–Crippen MR) is 92.2 cm³/mol. The highest BCUT2D eigenvalue weighted by atomic mass is 15.2. The molecule has 0 aromatic heterocycles. The standard InChI is InChI=1S/C19H30N2/c1-19(2)12-8-9-16(15-19)20-17-10-4-5-11-18(17)21-13-6-3-7-14-21/h4-5,10-11,16,20H,3,6-9,12-15H2,1-2H3. The lowest BCUT2D eigenvalue weighted by Crippen LogP contribution is -2.34. The molecule has 2 heteroatoms. The van der Waals surface area contributed by atoms with Crippen LogP contribution in [0.3, 0.4) is 0 Å². The average Bonchev–Trinajstić information content (AvgIpc) is 2.48. The molecule has 2 aliphatic rings. The van der Waals surface area contributed by atoms with Crippen LogP contribution in [0, 0.1) is 5.41 Å². The van der Waals surface area contributed by atoms with Crippen molar-refractivity contribution in [2.24, 2.45) is 5.41 Å². The van der Waals surface area contributed by atoms with Crippen molar-refractivity contribution in [3.63, 3.8) is 0 Å². The molecule has 1 aromatic carbocycles. The van der Waals surface area contributed by atoms with Crippen LogP contribution in [-0.4, -0.2) is 19.1 Å². The second-order valence-corrected chi connectivity index (χ2v) is 7.67. The smallest absolute Gasteiger partial charge is 0.0602 e. The van der Waals surface area contributed by atoms with E-state index in [1.807, 2.05) is 0 Å². The van der Waals surface area contributed by atoms with Crippen molar-refractivity contribution in [1.82, 2.24) is 0 Å². The minimum absolute atomic E-state index is 0.496. The first kappa shape index (κ1) is 14.7. The Bertz CT molecular complexity index is 460. The number of rotatable bonds is 3. The highest BCUT2D eigenvalue weighted by molar-refractivity contribution is 5.70. The molecule has 1 saturated heterocycles. The van der Waals surface area contributed by atoms with Gasteiger partial charge in [-0.1, -0.05) is 32.4 Å². The van der Waals surface area contributed by atoms with Crippen LogP contribution in [0.4, 0.5) is 11.4 Å². The number of hydrogen-bond donors (Lipinski definition) is 1. The van der Waals surface area contributed by atoms with Crippen LogP contribution < -0.4 is 10.2 Å². The van der Waals surface area contributed by atoms with Crippen molar-refractivity contribution in [3.05, 3.63) is 24.3 Å². The van der Waals surface area contributed by atoms with Crippen molar-refractivity contribution >= 4 is 11.4 Å². The Morgan fingerprint density at radius 2 is 1.81 bits per heavy atom. The Morgan fingerprint density at radius 3 is 2.57 bits per heavy atom. The number of piperidine rings is 1. The first-order valence-corrected chi connectivity index (χ1v) is 8.75. The van der Waals surface area contributed by atoms with E-state index in [1.165, 1.54) is 69.4 Å². The summed E-state index contributed by atoms with van der Waals surface area (Å²) in [6.45, 7) is 7.26. The quantitative estimate of drug-likeness (QED) is 0.835. The van der Waals surface area contributed by atoms with Crippen LogP contribution in [0.25, 0.3) is 0 Å². The first-order valence-electron chi connectivity index (χ1n) is 8.75. The number of hydrogen-bond acceptors (Lipinski definition) is 2. The topological polar surface area (TPSA) is 15.3 Å². The van der Waals surface area contributed by atoms with E-state index < -0.39 is 0 Å². The lowest BCUT2D eigenvalue weighted by atomic mass is 9.75. The lowest BCUT2D eigenvalue weighted by Gasteiger charge is -2.37. The zero-order valence-electron chi connectivity index (χ0n) is 13.7. The van der Waals surface area contributed by atoms with Crippen molar-refractivity contribution in [2.45, 2.75) is 64.8 Å². The van der Waals surface area contributed by atoms with E-state index in [0.717, 1.165) is 0 Å². The molecule has 1 aromatic rings. The van der Waals surface area contributed by atoms with E-state index in [-0.39, 0.29) is 0 Å². The van der Waals surface area contributed by atoms with Gasteiger partial charge in [-0.15, -0.1) is 0 Å². The molecule has 2 nitrogen and oxygen atoms in total. The van der Waals surface area contributed by atoms with Gasteiger partial charge in [-0.05, 0) is 56.1 Å². The third-order valence-electron chi connectivity index (χ3n) is 5.17. The van der Waals surface area contributed by atoms with E-state index in [4.69, 9.17) is 0 Å². The van der Waals surface area contributed by atoms with Gasteiger partial charge in [0.2, 0.25) is 0 Å². The summed E-state index contributed by atoms with van der Waals surface area (Å²) in [7, 11) is 0. The SMILES string of the molecule is CC1(C)CCCC(Nc2ccccc2N2CCCCC2)C1.